The zero-order valence-corrected chi connectivity index (χ0v) is 10.6. The molecule has 0 aliphatic rings. The van der Waals surface area contributed by atoms with Crippen LogP contribution in [0.3, 0.4) is 0 Å². The quantitative estimate of drug-likeness (QED) is 0.556. The van der Waals surface area contributed by atoms with Gasteiger partial charge >= 0.3 is 33.2 Å². The molecule has 2 aromatic carbocycles. The maximum Gasteiger partial charge on any atom is 0.328 e. The number of para-hydroxylation sites is 1. The van der Waals surface area contributed by atoms with Crippen LogP contribution < -0.4 is 0 Å². The molecule has 0 saturated heterocycles. The van der Waals surface area contributed by atoms with Gasteiger partial charge in [-0.1, -0.05) is 42.5 Å². The Morgan fingerprint density at radius 3 is 2.35 bits per heavy atom. The zero-order chi connectivity index (χ0) is 13.5. The molecule has 0 radical (unpaired) electrons. The number of nitrogens with zero attached hydrogens (tertiary/aromatic N) is 1. The van der Waals surface area contributed by atoms with Crippen LogP contribution >= 0.6 is 0 Å². The van der Waals surface area contributed by atoms with Crippen molar-refractivity contribution >= 4 is 44.2 Å². The van der Waals surface area contributed by atoms with Gasteiger partial charge < -0.3 is 4.98 Å². The third-order valence-corrected chi connectivity index (χ3v) is 3.51. The van der Waals surface area contributed by atoms with Crippen molar-refractivity contribution in [3.05, 3.63) is 48.5 Å². The minimum Gasteiger partial charge on any atom is -0.326 e. The molecule has 7 heteroatoms. The van der Waals surface area contributed by atoms with E-state index in [1.165, 1.54) is 0 Å². The van der Waals surface area contributed by atoms with Gasteiger partial charge in [0, 0.05) is 5.56 Å². The van der Waals surface area contributed by atoms with Crippen LogP contribution in [0.2, 0.25) is 0 Å². The summed E-state index contributed by atoms with van der Waals surface area (Å²) in [5, 5.41) is -0.439. The topological polar surface area (TPSA) is 83.1 Å². The summed E-state index contributed by atoms with van der Waals surface area (Å²) in [5.74, 6) is 0. The molecule has 5 nitrogen and oxygen atoms in total. The molecule has 1 heterocycles. The maximum absolute atomic E-state index is 11.1. The van der Waals surface area contributed by atoms with Gasteiger partial charge in [0.05, 0.1) is 11.0 Å². The monoisotopic (exact) mass is 300 g/mol. The lowest BCUT2D eigenvalue weighted by molar-refractivity contribution is 0.476. The molecule has 20 heavy (non-hydrogen) atoms. The minimum atomic E-state index is -4.33. The number of imidazole rings is 1. The molecule has 0 aliphatic heterocycles. The molecular formula is C13H12MgN2O3S. The molecule has 2 N–H and O–H groups in total. The molecule has 3 rings (SSSR count). The number of aromatic amines is 1. The highest BCUT2D eigenvalue weighted by molar-refractivity contribution is 7.85. The van der Waals surface area contributed by atoms with Crippen LogP contribution in [0.25, 0.3) is 22.2 Å². The normalized spacial score (nSPS) is 11.2. The predicted molar refractivity (Wildman–Crippen MR) is 79.9 cm³/mol. The van der Waals surface area contributed by atoms with Crippen LogP contribution in [0, 0.1) is 0 Å². The number of fused-ring (bicyclic) bond motifs is 1. The summed E-state index contributed by atoms with van der Waals surface area (Å²) in [4.78, 5) is 6.53. The van der Waals surface area contributed by atoms with Crippen molar-refractivity contribution < 1.29 is 13.0 Å². The Balaban J connectivity index is 0.00000147. The fourth-order valence-electron chi connectivity index (χ4n) is 1.99. The van der Waals surface area contributed by atoms with Gasteiger partial charge in [-0.25, -0.2) is 4.98 Å². The van der Waals surface area contributed by atoms with Crippen molar-refractivity contribution in [1.82, 2.24) is 9.97 Å². The Morgan fingerprint density at radius 2 is 1.70 bits per heavy atom. The highest BCUT2D eigenvalue weighted by Crippen LogP contribution is 2.27. The van der Waals surface area contributed by atoms with Crippen molar-refractivity contribution in [1.29, 1.82) is 0 Å². The van der Waals surface area contributed by atoms with E-state index in [9.17, 15) is 8.42 Å². The van der Waals surface area contributed by atoms with Crippen molar-refractivity contribution in [2.45, 2.75) is 5.16 Å². The summed E-state index contributed by atoms with van der Waals surface area (Å²) >= 11 is 0. The third-order valence-electron chi connectivity index (χ3n) is 2.83. The van der Waals surface area contributed by atoms with E-state index in [2.05, 4.69) is 9.97 Å². The largest absolute Gasteiger partial charge is 0.328 e. The first kappa shape index (κ1) is 15.0. The standard InChI is InChI=1S/C13H10N2O3S.Mg.2H/c16-19(17,18)13-14-11-8-4-7-10(12(11)15-13)9-5-2-1-3-6-9;;;/h1-8H,(H,14,15)(H,16,17,18);;;. The summed E-state index contributed by atoms with van der Waals surface area (Å²) in [6, 6.07) is 14.9. The molecule has 1 aromatic heterocycles. The smallest absolute Gasteiger partial charge is 0.326 e. The van der Waals surface area contributed by atoms with E-state index < -0.39 is 15.3 Å². The fourth-order valence-corrected chi connectivity index (χ4v) is 2.43. The second-order valence-corrected chi connectivity index (χ2v) is 5.42. The summed E-state index contributed by atoms with van der Waals surface area (Å²) in [6.45, 7) is 0. The van der Waals surface area contributed by atoms with Crippen LogP contribution in [-0.2, 0) is 10.1 Å². The van der Waals surface area contributed by atoms with Gasteiger partial charge in [-0.15, -0.1) is 0 Å². The molecule has 0 saturated carbocycles. The molecule has 0 fully saturated rings. The van der Waals surface area contributed by atoms with E-state index in [0.29, 0.717) is 11.0 Å². The number of hydrogen-bond donors (Lipinski definition) is 2. The van der Waals surface area contributed by atoms with Gasteiger partial charge in [0.15, 0.2) is 0 Å². The van der Waals surface area contributed by atoms with Gasteiger partial charge in [-0.2, -0.15) is 8.42 Å². The highest BCUT2D eigenvalue weighted by Gasteiger charge is 2.16. The Bertz CT molecular complexity index is 844. The molecule has 0 unspecified atom stereocenters. The number of H-pyrrole nitrogens is 1. The van der Waals surface area contributed by atoms with Gasteiger partial charge in [0.25, 0.3) is 5.16 Å². The highest BCUT2D eigenvalue weighted by atomic mass is 32.2. The van der Waals surface area contributed by atoms with Crippen LogP contribution in [-0.4, -0.2) is 46.0 Å². The SMILES string of the molecule is O=S(=O)(O)c1nc2cccc(-c3ccccc3)c2[nH]1.[MgH2]. The van der Waals surface area contributed by atoms with Crippen molar-refractivity contribution in [2.75, 3.05) is 0 Å². The first-order chi connectivity index (χ1) is 9.05. The lowest BCUT2D eigenvalue weighted by Crippen LogP contribution is -1.99. The van der Waals surface area contributed by atoms with Crippen molar-refractivity contribution in [3.63, 3.8) is 0 Å². The van der Waals surface area contributed by atoms with Gasteiger partial charge in [0.2, 0.25) is 0 Å². The van der Waals surface area contributed by atoms with Gasteiger partial charge in [-0.05, 0) is 11.6 Å². The van der Waals surface area contributed by atoms with E-state index in [1.54, 1.807) is 12.1 Å². The molecule has 3 aromatic rings. The van der Waals surface area contributed by atoms with E-state index in [0.717, 1.165) is 11.1 Å². The number of rotatable bonds is 2. The predicted octanol–water partition coefficient (Wildman–Crippen LogP) is 1.56. The van der Waals surface area contributed by atoms with E-state index >= 15 is 0 Å². The molecule has 0 amide bonds. The molecule has 0 aliphatic carbocycles. The Kier molecular flexibility index (Phi) is 4.14. The van der Waals surface area contributed by atoms with E-state index in [4.69, 9.17) is 4.55 Å². The summed E-state index contributed by atoms with van der Waals surface area (Å²) < 4.78 is 31.3. The number of benzene rings is 2. The average Bonchev–Trinajstić information content (AvgIpc) is 2.83. The van der Waals surface area contributed by atoms with Crippen molar-refractivity contribution in [2.24, 2.45) is 0 Å². The summed E-state index contributed by atoms with van der Waals surface area (Å²) in [6.07, 6.45) is 0. The van der Waals surface area contributed by atoms with Crippen LogP contribution in [0.4, 0.5) is 0 Å². The fraction of sp³-hybridized carbons (Fsp3) is 0. The number of nitrogens with one attached hydrogen (secondary N) is 1. The lowest BCUT2D eigenvalue weighted by atomic mass is 10.0. The number of hydrogen-bond acceptors (Lipinski definition) is 3. The van der Waals surface area contributed by atoms with Crippen LogP contribution in [0.15, 0.2) is 53.7 Å². The number of aromatic nitrogens is 2. The Morgan fingerprint density at radius 1 is 1.00 bits per heavy atom. The molecule has 0 spiro atoms. The van der Waals surface area contributed by atoms with E-state index in [1.807, 2.05) is 36.4 Å². The minimum absolute atomic E-state index is 0. The molecule has 100 valence electrons. The van der Waals surface area contributed by atoms with E-state index in [-0.39, 0.29) is 23.1 Å². The van der Waals surface area contributed by atoms with Crippen molar-refractivity contribution in [3.8, 4) is 11.1 Å². The van der Waals surface area contributed by atoms with Crippen LogP contribution in [0.1, 0.15) is 0 Å². The zero-order valence-electron chi connectivity index (χ0n) is 9.74. The first-order valence-electron chi connectivity index (χ1n) is 5.57. The summed E-state index contributed by atoms with van der Waals surface area (Å²) in [5.41, 5.74) is 2.86. The average molecular weight is 301 g/mol. The Labute approximate surface area is 131 Å². The molecule has 0 bridgehead atoms. The third kappa shape index (κ3) is 2.71. The molecule has 0 atom stereocenters. The Hall–Kier alpha value is -1.41. The molecular weight excluding hydrogens is 289 g/mol. The van der Waals surface area contributed by atoms with Crippen LogP contribution in [0.5, 0.6) is 0 Å². The summed E-state index contributed by atoms with van der Waals surface area (Å²) in [7, 11) is -4.33. The maximum atomic E-state index is 11.1. The van der Waals surface area contributed by atoms with Gasteiger partial charge in [0.1, 0.15) is 0 Å². The first-order valence-corrected chi connectivity index (χ1v) is 7.01. The van der Waals surface area contributed by atoms with Gasteiger partial charge in [-0.3, -0.25) is 4.55 Å². The second-order valence-electron chi connectivity index (χ2n) is 4.08. The lowest BCUT2D eigenvalue weighted by Gasteiger charge is -2.01. The second kappa shape index (κ2) is 5.53.